The predicted molar refractivity (Wildman–Crippen MR) is 61.8 cm³/mol. The van der Waals surface area contributed by atoms with E-state index in [0.29, 0.717) is 23.8 Å². The number of aromatic amines is 1. The fourth-order valence-corrected chi connectivity index (χ4v) is 1.39. The molecule has 0 aliphatic heterocycles. The summed E-state index contributed by atoms with van der Waals surface area (Å²) in [6, 6.07) is 3.10. The van der Waals surface area contributed by atoms with Crippen LogP contribution in [0.1, 0.15) is 12.6 Å². The first-order valence-electron chi connectivity index (χ1n) is 5.19. The summed E-state index contributed by atoms with van der Waals surface area (Å²) in [6.45, 7) is 1.94. The van der Waals surface area contributed by atoms with E-state index >= 15 is 0 Å². The number of H-pyrrole nitrogens is 1. The molecule has 6 heteroatoms. The molecule has 0 aliphatic rings. The average molecular weight is 232 g/mol. The van der Waals surface area contributed by atoms with Crippen LogP contribution in [-0.4, -0.2) is 27.0 Å². The van der Waals surface area contributed by atoms with E-state index < -0.39 is 0 Å². The van der Waals surface area contributed by atoms with E-state index in [1.165, 1.54) is 19.5 Å². The fourth-order valence-electron chi connectivity index (χ4n) is 1.39. The number of ether oxygens (including phenoxy) is 1. The average Bonchev–Trinajstić information content (AvgIpc) is 2.38. The molecule has 1 N–H and O–H groups in total. The van der Waals surface area contributed by atoms with Crippen LogP contribution in [0.2, 0.25) is 0 Å². The maximum atomic E-state index is 11.4. The zero-order valence-electron chi connectivity index (χ0n) is 9.60. The van der Waals surface area contributed by atoms with Crippen LogP contribution in [0, 0.1) is 0 Å². The summed E-state index contributed by atoms with van der Waals surface area (Å²) >= 11 is 0. The molecule has 2 aromatic rings. The molecule has 0 spiro atoms. The van der Waals surface area contributed by atoms with Crippen molar-refractivity contribution in [1.29, 1.82) is 0 Å². The van der Waals surface area contributed by atoms with Gasteiger partial charge in [-0.15, -0.1) is 0 Å². The number of nitrogens with zero attached hydrogens (tertiary/aromatic N) is 3. The van der Waals surface area contributed by atoms with Gasteiger partial charge in [0.2, 0.25) is 5.88 Å². The third-order valence-electron chi connectivity index (χ3n) is 2.25. The lowest BCUT2D eigenvalue weighted by Gasteiger charge is -2.03. The van der Waals surface area contributed by atoms with Crippen LogP contribution in [0.4, 0.5) is 0 Å². The first kappa shape index (κ1) is 11.3. The molecule has 6 nitrogen and oxygen atoms in total. The normalized spacial score (nSPS) is 10.2. The number of nitrogens with one attached hydrogen (secondary N) is 1. The second-order valence-corrected chi connectivity index (χ2v) is 3.38. The molecule has 0 fully saturated rings. The van der Waals surface area contributed by atoms with Crippen LogP contribution in [-0.2, 0) is 6.42 Å². The summed E-state index contributed by atoms with van der Waals surface area (Å²) in [5, 5.41) is 0. The molecule has 0 amide bonds. The fraction of sp³-hybridized carbons (Fsp3) is 0.273. The van der Waals surface area contributed by atoms with Crippen molar-refractivity contribution in [1.82, 2.24) is 19.9 Å². The van der Waals surface area contributed by atoms with Gasteiger partial charge in [0.1, 0.15) is 12.0 Å². The molecule has 0 saturated heterocycles. The third kappa shape index (κ3) is 2.47. The number of aryl methyl sites for hydroxylation is 1. The standard InChI is InChI=1S/C11H12N4O2/c1-3-7-4-9(16)15-11(14-7)8-5-10(17-2)13-6-12-8/h4-6H,3H2,1-2H3,(H,14,15,16). The van der Waals surface area contributed by atoms with Gasteiger partial charge in [0.25, 0.3) is 5.56 Å². The lowest BCUT2D eigenvalue weighted by atomic mass is 10.3. The van der Waals surface area contributed by atoms with Crippen molar-refractivity contribution in [2.24, 2.45) is 0 Å². The Bertz CT molecular complexity index is 580. The molecule has 0 unspecified atom stereocenters. The van der Waals surface area contributed by atoms with Crippen molar-refractivity contribution >= 4 is 0 Å². The van der Waals surface area contributed by atoms with Crippen LogP contribution in [0.25, 0.3) is 11.5 Å². The van der Waals surface area contributed by atoms with Gasteiger partial charge in [-0.05, 0) is 6.42 Å². The highest BCUT2D eigenvalue weighted by atomic mass is 16.5. The Morgan fingerprint density at radius 2 is 2.18 bits per heavy atom. The van der Waals surface area contributed by atoms with Crippen molar-refractivity contribution in [3.05, 3.63) is 34.5 Å². The Labute approximate surface area is 97.7 Å². The van der Waals surface area contributed by atoms with Gasteiger partial charge in [-0.1, -0.05) is 6.92 Å². The predicted octanol–water partition coefficient (Wildman–Crippen LogP) is 0.798. The summed E-state index contributed by atoms with van der Waals surface area (Å²) in [7, 11) is 1.52. The quantitative estimate of drug-likeness (QED) is 0.846. The maximum Gasteiger partial charge on any atom is 0.251 e. The van der Waals surface area contributed by atoms with Gasteiger partial charge in [-0.2, -0.15) is 0 Å². The zero-order chi connectivity index (χ0) is 12.3. The zero-order valence-corrected chi connectivity index (χ0v) is 9.60. The van der Waals surface area contributed by atoms with Gasteiger partial charge in [-0.25, -0.2) is 15.0 Å². The summed E-state index contributed by atoms with van der Waals surface area (Å²) in [6.07, 6.45) is 2.06. The molecular weight excluding hydrogens is 220 g/mol. The number of aromatic nitrogens is 4. The molecule has 0 atom stereocenters. The Morgan fingerprint density at radius 3 is 2.88 bits per heavy atom. The lowest BCUT2D eigenvalue weighted by molar-refractivity contribution is 0.397. The minimum Gasteiger partial charge on any atom is -0.481 e. The Hall–Kier alpha value is -2.24. The highest BCUT2D eigenvalue weighted by Gasteiger charge is 2.06. The van der Waals surface area contributed by atoms with Gasteiger partial charge >= 0.3 is 0 Å². The molecule has 2 aromatic heterocycles. The molecule has 0 bridgehead atoms. The van der Waals surface area contributed by atoms with E-state index in [1.54, 1.807) is 6.07 Å². The second kappa shape index (κ2) is 4.73. The maximum absolute atomic E-state index is 11.4. The van der Waals surface area contributed by atoms with Crippen LogP contribution in [0.5, 0.6) is 5.88 Å². The van der Waals surface area contributed by atoms with E-state index in [2.05, 4.69) is 19.9 Å². The number of hydrogen-bond acceptors (Lipinski definition) is 5. The van der Waals surface area contributed by atoms with Crippen LogP contribution < -0.4 is 10.3 Å². The summed E-state index contributed by atoms with van der Waals surface area (Å²) in [4.78, 5) is 26.3. The van der Waals surface area contributed by atoms with Crippen molar-refractivity contribution < 1.29 is 4.74 Å². The van der Waals surface area contributed by atoms with Gasteiger partial charge in [-0.3, -0.25) is 4.79 Å². The number of methoxy groups -OCH3 is 1. The van der Waals surface area contributed by atoms with Crippen LogP contribution >= 0.6 is 0 Å². The van der Waals surface area contributed by atoms with E-state index in [4.69, 9.17) is 4.74 Å². The molecule has 17 heavy (non-hydrogen) atoms. The lowest BCUT2D eigenvalue weighted by Crippen LogP contribution is -2.10. The highest BCUT2D eigenvalue weighted by molar-refractivity contribution is 5.49. The van der Waals surface area contributed by atoms with Crippen LogP contribution in [0.3, 0.4) is 0 Å². The Balaban J connectivity index is 2.51. The van der Waals surface area contributed by atoms with Crippen LogP contribution in [0.15, 0.2) is 23.3 Å². The molecule has 2 heterocycles. The second-order valence-electron chi connectivity index (χ2n) is 3.38. The molecule has 88 valence electrons. The molecule has 0 saturated carbocycles. The topological polar surface area (TPSA) is 80.8 Å². The molecule has 0 aliphatic carbocycles. The van der Waals surface area contributed by atoms with Crippen molar-refractivity contribution in [2.45, 2.75) is 13.3 Å². The van der Waals surface area contributed by atoms with E-state index in [1.807, 2.05) is 6.92 Å². The van der Waals surface area contributed by atoms with Gasteiger partial charge in [0.05, 0.1) is 7.11 Å². The van der Waals surface area contributed by atoms with Crippen molar-refractivity contribution in [3.63, 3.8) is 0 Å². The molecule has 0 radical (unpaired) electrons. The minimum absolute atomic E-state index is 0.190. The highest BCUT2D eigenvalue weighted by Crippen LogP contribution is 2.14. The summed E-state index contributed by atoms with van der Waals surface area (Å²) in [5.74, 6) is 0.856. The van der Waals surface area contributed by atoms with Crippen molar-refractivity contribution in [3.8, 4) is 17.4 Å². The molecule has 2 rings (SSSR count). The van der Waals surface area contributed by atoms with E-state index in [9.17, 15) is 4.79 Å². The first-order valence-corrected chi connectivity index (χ1v) is 5.19. The van der Waals surface area contributed by atoms with Gasteiger partial charge < -0.3 is 9.72 Å². The van der Waals surface area contributed by atoms with E-state index in [0.717, 1.165) is 5.69 Å². The molecule has 0 aromatic carbocycles. The van der Waals surface area contributed by atoms with Gasteiger partial charge in [0.15, 0.2) is 5.82 Å². The smallest absolute Gasteiger partial charge is 0.251 e. The summed E-state index contributed by atoms with van der Waals surface area (Å²) in [5.41, 5.74) is 1.06. The summed E-state index contributed by atoms with van der Waals surface area (Å²) < 4.78 is 4.99. The van der Waals surface area contributed by atoms with Gasteiger partial charge in [0, 0.05) is 17.8 Å². The molecular formula is C11H12N4O2. The SMILES string of the molecule is CCc1cc(=O)[nH]c(-c2cc(OC)ncn2)n1. The van der Waals surface area contributed by atoms with E-state index in [-0.39, 0.29) is 5.56 Å². The first-order chi connectivity index (χ1) is 8.22. The Kier molecular flexibility index (Phi) is 3.13. The Morgan fingerprint density at radius 1 is 1.35 bits per heavy atom. The number of rotatable bonds is 3. The van der Waals surface area contributed by atoms with Crippen molar-refractivity contribution in [2.75, 3.05) is 7.11 Å². The largest absolute Gasteiger partial charge is 0.481 e. The monoisotopic (exact) mass is 232 g/mol. The number of hydrogen-bond donors (Lipinski definition) is 1. The minimum atomic E-state index is -0.190. The third-order valence-corrected chi connectivity index (χ3v) is 2.25.